The first-order chi connectivity index (χ1) is 18.5. The third-order valence-electron chi connectivity index (χ3n) is 7.91. The summed E-state index contributed by atoms with van der Waals surface area (Å²) >= 11 is 0. The molecular weight excluding hydrogens is 490 g/mol. The molecule has 2 aromatic heterocycles. The van der Waals surface area contributed by atoms with Gasteiger partial charge in [0, 0.05) is 47.2 Å². The van der Waals surface area contributed by atoms with Gasteiger partial charge in [-0.25, -0.2) is 18.7 Å². The van der Waals surface area contributed by atoms with Crippen LogP contribution in [-0.2, 0) is 11.3 Å². The predicted octanol–water partition coefficient (Wildman–Crippen LogP) is 4.54. The van der Waals surface area contributed by atoms with Crippen LogP contribution in [0.4, 0.5) is 14.7 Å². The number of nitriles is 1. The minimum Gasteiger partial charge on any atom is -0.467 e. The van der Waals surface area contributed by atoms with Crippen LogP contribution >= 0.6 is 0 Å². The maximum Gasteiger partial charge on any atom is 0.212 e. The summed E-state index contributed by atoms with van der Waals surface area (Å²) in [5, 5.41) is 9.28. The molecular formula is C28H24F2N6O2. The van der Waals surface area contributed by atoms with Crippen molar-refractivity contribution < 1.29 is 18.3 Å². The smallest absolute Gasteiger partial charge is 0.212 e. The average Bonchev–Trinajstić information content (AvgIpc) is 3.51. The number of imidazole rings is 1. The maximum absolute atomic E-state index is 15.7. The minimum atomic E-state index is -0.672. The Hall–Kier alpha value is -4.07. The highest BCUT2D eigenvalue weighted by Gasteiger charge is 2.42. The Kier molecular flexibility index (Phi) is 5.32. The fourth-order valence-corrected chi connectivity index (χ4v) is 6.28. The Labute approximate surface area is 217 Å². The number of nitrogens with two attached hydrogens (primary N) is 1. The number of halogens is 2. The monoisotopic (exact) mass is 514 g/mol. The van der Waals surface area contributed by atoms with Crippen LogP contribution in [0.2, 0.25) is 0 Å². The number of ether oxygens (including phenoxy) is 2. The lowest BCUT2D eigenvalue weighted by atomic mass is 9.94. The molecule has 38 heavy (non-hydrogen) atoms. The second kappa shape index (κ2) is 8.75. The highest BCUT2D eigenvalue weighted by molar-refractivity contribution is 5.93. The molecule has 2 atom stereocenters. The molecule has 2 bridgehead atoms. The lowest BCUT2D eigenvalue weighted by molar-refractivity contribution is -0.0162. The second-order valence-corrected chi connectivity index (χ2v) is 10.1. The molecule has 2 N–H and O–H groups in total. The molecule has 3 aliphatic rings. The van der Waals surface area contributed by atoms with Gasteiger partial charge in [0.25, 0.3) is 0 Å². The topological polar surface area (TPSA) is 102 Å². The predicted molar refractivity (Wildman–Crippen MR) is 135 cm³/mol. The number of nitrogens with zero attached hydrogens (tertiary/aromatic N) is 5. The van der Waals surface area contributed by atoms with E-state index in [0.29, 0.717) is 39.7 Å². The van der Waals surface area contributed by atoms with Gasteiger partial charge in [0.15, 0.2) is 6.79 Å². The fraction of sp³-hybridized carbons (Fsp3) is 0.321. The third kappa shape index (κ3) is 3.46. The minimum absolute atomic E-state index is 0.0710. The van der Waals surface area contributed by atoms with Crippen LogP contribution in [0.5, 0.6) is 5.75 Å². The van der Waals surface area contributed by atoms with Crippen molar-refractivity contribution in [2.75, 3.05) is 11.7 Å². The first-order valence-corrected chi connectivity index (χ1v) is 12.7. The number of rotatable bonds is 3. The Morgan fingerprint density at radius 3 is 2.63 bits per heavy atom. The Morgan fingerprint density at radius 2 is 1.87 bits per heavy atom. The number of hydrogen-bond donors (Lipinski definition) is 1. The molecule has 7 rings (SSSR count). The van der Waals surface area contributed by atoms with Crippen molar-refractivity contribution in [3.05, 3.63) is 65.5 Å². The van der Waals surface area contributed by atoms with Crippen LogP contribution < -0.4 is 15.4 Å². The molecule has 2 saturated heterocycles. The zero-order valence-electron chi connectivity index (χ0n) is 20.4. The van der Waals surface area contributed by atoms with Crippen LogP contribution in [0.15, 0.2) is 42.7 Å². The van der Waals surface area contributed by atoms with Gasteiger partial charge in [-0.1, -0.05) is 6.07 Å². The SMILES string of the molecule is N#Cc1ccc(-c2nc(N3C4CCC3CC(N)C4)n3ccnc3c2-c2c(F)ccc3c2COCO3)cc1F. The van der Waals surface area contributed by atoms with Gasteiger partial charge in [0.2, 0.25) is 5.95 Å². The van der Waals surface area contributed by atoms with Crippen molar-refractivity contribution in [1.29, 1.82) is 5.26 Å². The van der Waals surface area contributed by atoms with Gasteiger partial charge in [-0.05, 0) is 49.9 Å². The molecule has 4 aromatic rings. The van der Waals surface area contributed by atoms with Crippen molar-refractivity contribution in [3.63, 3.8) is 0 Å². The summed E-state index contributed by atoms with van der Waals surface area (Å²) in [6.45, 7) is 0.216. The fourth-order valence-electron chi connectivity index (χ4n) is 6.28. The summed E-state index contributed by atoms with van der Waals surface area (Å²) in [4.78, 5) is 12.1. The number of benzene rings is 2. The van der Waals surface area contributed by atoms with Crippen LogP contribution in [0.3, 0.4) is 0 Å². The van der Waals surface area contributed by atoms with Gasteiger partial charge < -0.3 is 20.1 Å². The first kappa shape index (κ1) is 23.1. The number of fused-ring (bicyclic) bond motifs is 4. The van der Waals surface area contributed by atoms with E-state index < -0.39 is 11.6 Å². The van der Waals surface area contributed by atoms with Crippen molar-refractivity contribution in [1.82, 2.24) is 14.4 Å². The van der Waals surface area contributed by atoms with E-state index in [-0.39, 0.29) is 42.7 Å². The van der Waals surface area contributed by atoms with E-state index in [0.717, 1.165) is 25.7 Å². The van der Waals surface area contributed by atoms with Crippen LogP contribution in [0, 0.1) is 23.0 Å². The second-order valence-electron chi connectivity index (χ2n) is 10.1. The molecule has 0 aliphatic carbocycles. The lowest BCUT2D eigenvalue weighted by Crippen LogP contribution is -2.48. The summed E-state index contributed by atoms with van der Waals surface area (Å²) < 4.78 is 43.6. The lowest BCUT2D eigenvalue weighted by Gasteiger charge is -2.39. The van der Waals surface area contributed by atoms with E-state index in [9.17, 15) is 9.65 Å². The number of hydrogen-bond acceptors (Lipinski definition) is 7. The summed E-state index contributed by atoms with van der Waals surface area (Å²) in [5.41, 5.74) is 8.73. The van der Waals surface area contributed by atoms with E-state index in [2.05, 4.69) is 9.88 Å². The molecule has 0 saturated carbocycles. The van der Waals surface area contributed by atoms with Gasteiger partial charge in [0.05, 0.1) is 23.4 Å². The van der Waals surface area contributed by atoms with Crippen molar-refractivity contribution >= 4 is 11.6 Å². The quantitative estimate of drug-likeness (QED) is 0.428. The zero-order chi connectivity index (χ0) is 26.0. The van der Waals surface area contributed by atoms with Gasteiger partial charge >= 0.3 is 0 Å². The summed E-state index contributed by atoms with van der Waals surface area (Å²) in [7, 11) is 0. The van der Waals surface area contributed by atoms with Gasteiger partial charge in [-0.3, -0.25) is 4.40 Å². The van der Waals surface area contributed by atoms with E-state index in [1.54, 1.807) is 18.3 Å². The Bertz CT molecular complexity index is 1620. The molecule has 0 radical (unpaired) electrons. The Balaban J connectivity index is 1.54. The molecule has 8 nitrogen and oxygen atoms in total. The summed E-state index contributed by atoms with van der Waals surface area (Å²) in [6, 6.07) is 9.70. The van der Waals surface area contributed by atoms with Crippen molar-refractivity contribution in [3.8, 4) is 34.2 Å². The van der Waals surface area contributed by atoms with Gasteiger partial charge in [-0.15, -0.1) is 0 Å². The molecule has 5 heterocycles. The first-order valence-electron chi connectivity index (χ1n) is 12.7. The normalized spacial score (nSPS) is 22.3. The van der Waals surface area contributed by atoms with Gasteiger partial charge in [-0.2, -0.15) is 5.26 Å². The van der Waals surface area contributed by atoms with E-state index >= 15 is 4.39 Å². The standard InChI is InChI=1S/C28H24F2N6O2/c29-21-5-6-23-20(13-37-14-38-23)24(21)25-26(15-1-2-16(12-31)22(30)9-15)34-28(35-8-7-33-27(25)35)36-18-3-4-19(36)11-17(32)10-18/h1-2,5-9,17-19H,3-4,10-11,13-14,32H2. The summed E-state index contributed by atoms with van der Waals surface area (Å²) in [5.74, 6) is 0.0185. The van der Waals surface area contributed by atoms with E-state index in [1.807, 2.05) is 16.7 Å². The largest absolute Gasteiger partial charge is 0.467 e. The molecule has 2 unspecified atom stereocenters. The van der Waals surface area contributed by atoms with Crippen LogP contribution in [0.1, 0.15) is 36.8 Å². The number of anilines is 1. The van der Waals surface area contributed by atoms with Crippen LogP contribution in [0.25, 0.3) is 28.0 Å². The molecule has 2 aromatic carbocycles. The number of aromatic nitrogens is 3. The van der Waals surface area contributed by atoms with E-state index in [1.165, 1.54) is 18.2 Å². The number of piperidine rings is 1. The molecule has 192 valence electrons. The molecule has 0 amide bonds. The maximum atomic E-state index is 15.7. The molecule has 10 heteroatoms. The highest BCUT2D eigenvalue weighted by Crippen LogP contribution is 2.45. The molecule has 2 fully saturated rings. The van der Waals surface area contributed by atoms with E-state index in [4.69, 9.17) is 20.2 Å². The third-order valence-corrected chi connectivity index (χ3v) is 7.91. The van der Waals surface area contributed by atoms with Crippen LogP contribution in [-0.4, -0.2) is 39.3 Å². The molecule has 3 aliphatic heterocycles. The highest BCUT2D eigenvalue weighted by atomic mass is 19.1. The Morgan fingerprint density at radius 1 is 1.05 bits per heavy atom. The van der Waals surface area contributed by atoms with Crippen molar-refractivity contribution in [2.24, 2.45) is 5.73 Å². The summed E-state index contributed by atoms with van der Waals surface area (Å²) in [6.07, 6.45) is 7.20. The molecule has 0 spiro atoms. The van der Waals surface area contributed by atoms with Gasteiger partial charge in [0.1, 0.15) is 29.1 Å². The zero-order valence-corrected chi connectivity index (χ0v) is 20.4. The van der Waals surface area contributed by atoms with Crippen molar-refractivity contribution in [2.45, 2.75) is 50.4 Å². The average molecular weight is 515 g/mol.